The summed E-state index contributed by atoms with van der Waals surface area (Å²) in [6, 6.07) is 0. The van der Waals surface area contributed by atoms with Gasteiger partial charge in [0.1, 0.15) is 0 Å². The average Bonchev–Trinajstić information content (AvgIpc) is 2.74. The van der Waals surface area contributed by atoms with Crippen molar-refractivity contribution >= 4 is 11.9 Å². The monoisotopic (exact) mass is 227 g/mol. The molecule has 0 aliphatic heterocycles. The SMILES string of the molecule is CC(CO)CNC(=O)c1nc[nH]c1C(=O)O. The minimum Gasteiger partial charge on any atom is -0.477 e. The lowest BCUT2D eigenvalue weighted by Gasteiger charge is -2.08. The van der Waals surface area contributed by atoms with E-state index in [1.54, 1.807) is 6.92 Å². The molecule has 88 valence electrons. The van der Waals surface area contributed by atoms with Crippen LogP contribution in [0.15, 0.2) is 6.33 Å². The standard InChI is InChI=1S/C9H13N3O4/c1-5(3-13)2-10-8(14)6-7(9(15)16)12-4-11-6/h4-5,13H,2-3H2,1H3,(H,10,14)(H,11,12)(H,15,16). The second kappa shape index (κ2) is 5.26. The first-order valence-electron chi connectivity index (χ1n) is 4.72. The molecule has 0 radical (unpaired) electrons. The molecule has 1 rings (SSSR count). The number of carbonyl (C=O) groups excluding carboxylic acids is 1. The summed E-state index contributed by atoms with van der Waals surface area (Å²) in [4.78, 5) is 28.2. The topological polar surface area (TPSA) is 115 Å². The molecule has 0 aliphatic carbocycles. The van der Waals surface area contributed by atoms with Crippen molar-refractivity contribution in [3.8, 4) is 0 Å². The second-order valence-corrected chi connectivity index (χ2v) is 3.43. The molecule has 1 heterocycles. The number of carboxylic acid groups (broad SMARTS) is 1. The zero-order chi connectivity index (χ0) is 12.1. The van der Waals surface area contributed by atoms with Gasteiger partial charge in [0.25, 0.3) is 5.91 Å². The van der Waals surface area contributed by atoms with E-state index in [-0.39, 0.29) is 30.5 Å². The van der Waals surface area contributed by atoms with E-state index in [0.29, 0.717) is 0 Å². The second-order valence-electron chi connectivity index (χ2n) is 3.43. The van der Waals surface area contributed by atoms with Gasteiger partial charge in [-0.05, 0) is 5.92 Å². The molecule has 7 heteroatoms. The molecule has 0 fully saturated rings. The van der Waals surface area contributed by atoms with Gasteiger partial charge in [-0.1, -0.05) is 6.92 Å². The fourth-order valence-electron chi connectivity index (χ4n) is 1.04. The molecule has 7 nitrogen and oxygen atoms in total. The smallest absolute Gasteiger partial charge is 0.354 e. The van der Waals surface area contributed by atoms with Crippen molar-refractivity contribution in [3.05, 3.63) is 17.7 Å². The van der Waals surface area contributed by atoms with E-state index >= 15 is 0 Å². The highest BCUT2D eigenvalue weighted by Crippen LogP contribution is 2.02. The number of carbonyl (C=O) groups is 2. The lowest BCUT2D eigenvalue weighted by Crippen LogP contribution is -2.30. The van der Waals surface area contributed by atoms with Crippen LogP contribution >= 0.6 is 0 Å². The first-order valence-corrected chi connectivity index (χ1v) is 4.72. The number of rotatable bonds is 5. The number of aliphatic hydroxyl groups is 1. The van der Waals surface area contributed by atoms with Gasteiger partial charge in [-0.25, -0.2) is 9.78 Å². The molecule has 1 atom stereocenters. The first-order chi connectivity index (χ1) is 7.56. The van der Waals surface area contributed by atoms with Crippen LogP contribution in [-0.4, -0.2) is 45.2 Å². The fourth-order valence-corrected chi connectivity index (χ4v) is 1.04. The summed E-state index contributed by atoms with van der Waals surface area (Å²) in [5.74, 6) is -1.90. The van der Waals surface area contributed by atoms with Gasteiger partial charge >= 0.3 is 5.97 Å². The molecule has 4 N–H and O–H groups in total. The van der Waals surface area contributed by atoms with E-state index in [0.717, 1.165) is 6.33 Å². The number of hydrogen-bond acceptors (Lipinski definition) is 4. The van der Waals surface area contributed by atoms with E-state index in [1.165, 1.54) is 0 Å². The maximum Gasteiger partial charge on any atom is 0.354 e. The van der Waals surface area contributed by atoms with Crippen LogP contribution < -0.4 is 5.32 Å². The minimum atomic E-state index is -1.24. The Balaban J connectivity index is 2.66. The number of amides is 1. The van der Waals surface area contributed by atoms with Gasteiger partial charge in [-0.3, -0.25) is 4.79 Å². The number of H-pyrrole nitrogens is 1. The van der Waals surface area contributed by atoms with Crippen molar-refractivity contribution in [2.75, 3.05) is 13.2 Å². The Kier molecular flexibility index (Phi) is 4.01. The van der Waals surface area contributed by atoms with Crippen molar-refractivity contribution in [2.24, 2.45) is 5.92 Å². The molecular weight excluding hydrogens is 214 g/mol. The average molecular weight is 227 g/mol. The fraction of sp³-hybridized carbons (Fsp3) is 0.444. The van der Waals surface area contributed by atoms with Crippen LogP contribution in [-0.2, 0) is 0 Å². The molecule has 0 bridgehead atoms. The van der Waals surface area contributed by atoms with Crippen molar-refractivity contribution in [2.45, 2.75) is 6.92 Å². The summed E-state index contributed by atoms with van der Waals surface area (Å²) < 4.78 is 0. The highest BCUT2D eigenvalue weighted by atomic mass is 16.4. The van der Waals surface area contributed by atoms with Crippen molar-refractivity contribution in [3.63, 3.8) is 0 Å². The number of nitrogens with zero attached hydrogens (tertiary/aromatic N) is 1. The number of aromatic nitrogens is 2. The number of hydrogen-bond donors (Lipinski definition) is 4. The van der Waals surface area contributed by atoms with Crippen LogP contribution in [0.25, 0.3) is 0 Å². The zero-order valence-electron chi connectivity index (χ0n) is 8.73. The number of carboxylic acids is 1. The number of imidazole rings is 1. The maximum atomic E-state index is 11.5. The normalized spacial score (nSPS) is 12.1. The Bertz CT molecular complexity index is 388. The predicted molar refractivity (Wildman–Crippen MR) is 54.1 cm³/mol. The number of aliphatic hydroxyl groups excluding tert-OH is 1. The Labute approximate surface area is 91.5 Å². The quantitative estimate of drug-likeness (QED) is 0.539. The zero-order valence-corrected chi connectivity index (χ0v) is 8.73. The number of nitrogens with one attached hydrogen (secondary N) is 2. The van der Waals surface area contributed by atoms with Gasteiger partial charge in [0.15, 0.2) is 11.4 Å². The van der Waals surface area contributed by atoms with Crippen LogP contribution in [0, 0.1) is 5.92 Å². The molecular formula is C9H13N3O4. The van der Waals surface area contributed by atoms with Gasteiger partial charge in [0.05, 0.1) is 6.33 Å². The van der Waals surface area contributed by atoms with Crippen LogP contribution in [0.1, 0.15) is 27.9 Å². The Morgan fingerprint density at radius 3 is 2.88 bits per heavy atom. The Morgan fingerprint density at radius 2 is 2.31 bits per heavy atom. The lowest BCUT2D eigenvalue weighted by molar-refractivity contribution is 0.0684. The molecule has 16 heavy (non-hydrogen) atoms. The van der Waals surface area contributed by atoms with E-state index in [4.69, 9.17) is 10.2 Å². The van der Waals surface area contributed by atoms with Crippen LogP contribution in [0.5, 0.6) is 0 Å². The van der Waals surface area contributed by atoms with Crippen molar-refractivity contribution in [1.29, 1.82) is 0 Å². The predicted octanol–water partition coefficient (Wildman–Crippen LogP) is -0.534. The molecule has 0 saturated carbocycles. The Morgan fingerprint density at radius 1 is 1.62 bits per heavy atom. The largest absolute Gasteiger partial charge is 0.477 e. The van der Waals surface area contributed by atoms with Gasteiger partial charge in [-0.15, -0.1) is 0 Å². The van der Waals surface area contributed by atoms with Crippen LogP contribution in [0.2, 0.25) is 0 Å². The third-order valence-electron chi connectivity index (χ3n) is 1.99. The lowest BCUT2D eigenvalue weighted by atomic mass is 10.2. The van der Waals surface area contributed by atoms with Crippen molar-refractivity contribution < 1.29 is 19.8 Å². The summed E-state index contributed by atoms with van der Waals surface area (Å²) in [5.41, 5.74) is -0.396. The third kappa shape index (κ3) is 2.80. The summed E-state index contributed by atoms with van der Waals surface area (Å²) in [5, 5.41) is 20.0. The molecule has 0 saturated heterocycles. The van der Waals surface area contributed by atoms with Gasteiger partial charge < -0.3 is 20.5 Å². The van der Waals surface area contributed by atoms with Crippen LogP contribution in [0.4, 0.5) is 0 Å². The van der Waals surface area contributed by atoms with E-state index < -0.39 is 11.9 Å². The summed E-state index contributed by atoms with van der Waals surface area (Å²) >= 11 is 0. The first kappa shape index (κ1) is 12.2. The minimum absolute atomic E-state index is 0.0490. The molecule has 0 aliphatic rings. The van der Waals surface area contributed by atoms with E-state index in [1.807, 2.05) is 0 Å². The molecule has 0 spiro atoms. The van der Waals surface area contributed by atoms with E-state index in [2.05, 4.69) is 15.3 Å². The van der Waals surface area contributed by atoms with Gasteiger partial charge in [0, 0.05) is 13.2 Å². The molecule has 1 amide bonds. The van der Waals surface area contributed by atoms with Gasteiger partial charge in [-0.2, -0.15) is 0 Å². The number of aromatic amines is 1. The summed E-state index contributed by atoms with van der Waals surface area (Å²) in [6.45, 7) is 1.97. The highest BCUT2D eigenvalue weighted by molar-refractivity contribution is 6.02. The van der Waals surface area contributed by atoms with E-state index in [9.17, 15) is 9.59 Å². The van der Waals surface area contributed by atoms with Crippen molar-refractivity contribution in [1.82, 2.24) is 15.3 Å². The third-order valence-corrected chi connectivity index (χ3v) is 1.99. The van der Waals surface area contributed by atoms with Crippen LogP contribution in [0.3, 0.4) is 0 Å². The summed E-state index contributed by atoms with van der Waals surface area (Å²) in [6.07, 6.45) is 1.15. The van der Waals surface area contributed by atoms with Gasteiger partial charge in [0.2, 0.25) is 0 Å². The molecule has 1 aromatic rings. The number of aromatic carboxylic acids is 1. The maximum absolute atomic E-state index is 11.5. The Hall–Kier alpha value is -1.89. The molecule has 1 aromatic heterocycles. The summed E-state index contributed by atoms with van der Waals surface area (Å²) in [7, 11) is 0. The molecule has 1 unspecified atom stereocenters. The molecule has 0 aromatic carbocycles. The highest BCUT2D eigenvalue weighted by Gasteiger charge is 2.19.